The predicted molar refractivity (Wildman–Crippen MR) is 116 cm³/mol. The maximum atomic E-state index is 14.1. The van der Waals surface area contributed by atoms with Crippen LogP contribution in [0.4, 0.5) is 8.78 Å². The highest BCUT2D eigenvalue weighted by Crippen LogP contribution is 2.36. The van der Waals surface area contributed by atoms with Crippen LogP contribution < -0.4 is 0 Å². The Morgan fingerprint density at radius 2 is 1.85 bits per heavy atom. The van der Waals surface area contributed by atoms with Gasteiger partial charge in [-0.25, -0.2) is 13.5 Å². The van der Waals surface area contributed by atoms with Gasteiger partial charge in [-0.1, -0.05) is 11.3 Å². The zero-order valence-corrected chi connectivity index (χ0v) is 19.4. The fraction of sp³-hybridized carbons (Fsp3) is 0.478. The number of methoxy groups -OCH3 is 1. The van der Waals surface area contributed by atoms with Gasteiger partial charge in [0.1, 0.15) is 42.2 Å². The zero-order valence-electron chi connectivity index (χ0n) is 19.4. The van der Waals surface area contributed by atoms with Gasteiger partial charge in [-0.2, -0.15) is 0 Å². The highest BCUT2D eigenvalue weighted by molar-refractivity contribution is 5.66. The number of esters is 2. The Bertz CT molecular complexity index is 1040. The summed E-state index contributed by atoms with van der Waals surface area (Å²) in [7, 11) is 1.47. The number of ether oxygens (including phenoxy) is 4. The largest absolute Gasteiger partial charge is 0.463 e. The molecule has 9 nitrogen and oxygen atoms in total. The minimum absolute atomic E-state index is 0.101. The van der Waals surface area contributed by atoms with E-state index in [-0.39, 0.29) is 23.4 Å². The molecule has 0 aliphatic carbocycles. The van der Waals surface area contributed by atoms with Crippen LogP contribution >= 0.6 is 0 Å². The lowest BCUT2D eigenvalue weighted by Crippen LogP contribution is -2.58. The number of aromatic nitrogens is 3. The van der Waals surface area contributed by atoms with Crippen molar-refractivity contribution in [1.29, 1.82) is 0 Å². The molecule has 1 aromatic heterocycles. The molecular weight excluding hydrogens is 452 g/mol. The Hall–Kier alpha value is -3.18. The van der Waals surface area contributed by atoms with E-state index in [0.717, 1.165) is 12.1 Å². The van der Waals surface area contributed by atoms with E-state index >= 15 is 0 Å². The first-order chi connectivity index (χ1) is 16.2. The topological polar surface area (TPSA) is 102 Å². The van der Waals surface area contributed by atoms with E-state index in [0.29, 0.717) is 6.42 Å². The van der Waals surface area contributed by atoms with E-state index in [1.165, 1.54) is 38.8 Å². The van der Waals surface area contributed by atoms with Crippen LogP contribution in [-0.2, 0) is 28.5 Å². The molecule has 0 amide bonds. The Kier molecular flexibility index (Phi) is 8.11. The van der Waals surface area contributed by atoms with Crippen molar-refractivity contribution < 1.29 is 37.3 Å². The molecule has 0 bridgehead atoms. The molecule has 184 valence electrons. The molecule has 2 heterocycles. The number of hydrogen-bond acceptors (Lipinski definition) is 8. The fourth-order valence-corrected chi connectivity index (χ4v) is 3.97. The number of hydrogen-bond donors (Lipinski definition) is 0. The number of halogens is 2. The lowest BCUT2D eigenvalue weighted by atomic mass is 9.90. The molecule has 1 fully saturated rings. The van der Waals surface area contributed by atoms with E-state index < -0.39 is 54.0 Å². The molecule has 2 aromatic rings. The van der Waals surface area contributed by atoms with Crippen LogP contribution in [0, 0.1) is 18.6 Å². The first kappa shape index (κ1) is 25.4. The maximum absolute atomic E-state index is 14.1. The molecule has 1 aliphatic rings. The lowest BCUT2D eigenvalue weighted by molar-refractivity contribution is -0.225. The summed E-state index contributed by atoms with van der Waals surface area (Å²) in [6.07, 6.45) is 0.496. The summed E-state index contributed by atoms with van der Waals surface area (Å²) in [5.74, 6) is -2.54. The minimum Gasteiger partial charge on any atom is -0.463 e. The molecular formula is C23H27F2N3O6. The molecule has 0 radical (unpaired) electrons. The minimum atomic E-state index is -0.969. The van der Waals surface area contributed by atoms with Crippen LogP contribution in [0.1, 0.15) is 31.9 Å². The van der Waals surface area contributed by atoms with Gasteiger partial charge >= 0.3 is 11.9 Å². The number of carbonyl (C=O) groups excluding carboxylic acids is 2. The van der Waals surface area contributed by atoms with Crippen LogP contribution in [-0.4, -0.2) is 65.1 Å². The lowest BCUT2D eigenvalue weighted by Gasteiger charge is -2.45. The van der Waals surface area contributed by atoms with E-state index in [1.54, 1.807) is 6.08 Å². The maximum Gasteiger partial charge on any atom is 0.303 e. The summed E-state index contributed by atoms with van der Waals surface area (Å²) in [5.41, 5.74) is 0.295. The molecule has 11 heteroatoms. The molecule has 1 aliphatic heterocycles. The first-order valence-electron chi connectivity index (χ1n) is 10.6. The van der Waals surface area contributed by atoms with Crippen molar-refractivity contribution in [3.8, 4) is 11.3 Å². The van der Waals surface area contributed by atoms with Crippen molar-refractivity contribution in [2.75, 3.05) is 13.7 Å². The first-order valence-corrected chi connectivity index (χ1v) is 10.6. The van der Waals surface area contributed by atoms with Crippen molar-refractivity contribution in [3.05, 3.63) is 48.2 Å². The highest BCUT2D eigenvalue weighted by Gasteiger charge is 2.49. The molecule has 0 N–H and O–H groups in total. The average molecular weight is 479 g/mol. The van der Waals surface area contributed by atoms with Gasteiger partial charge in [0, 0.05) is 32.1 Å². The Labute approximate surface area is 195 Å². The van der Waals surface area contributed by atoms with Crippen molar-refractivity contribution in [3.63, 3.8) is 0 Å². The van der Waals surface area contributed by atoms with Crippen molar-refractivity contribution >= 4 is 11.9 Å². The normalized spacial score (nSPS) is 24.5. The van der Waals surface area contributed by atoms with Gasteiger partial charge in [0.25, 0.3) is 0 Å². The van der Waals surface area contributed by atoms with Crippen LogP contribution in [0.3, 0.4) is 0 Å². The molecule has 0 saturated carbocycles. The molecule has 34 heavy (non-hydrogen) atoms. The van der Waals surface area contributed by atoms with Crippen LogP contribution in [0.2, 0.25) is 0 Å². The van der Waals surface area contributed by atoms with Crippen molar-refractivity contribution in [2.24, 2.45) is 0 Å². The van der Waals surface area contributed by atoms with Gasteiger partial charge in [0.05, 0.1) is 12.3 Å². The molecule has 5 atom stereocenters. The van der Waals surface area contributed by atoms with Crippen molar-refractivity contribution in [1.82, 2.24) is 15.0 Å². The van der Waals surface area contributed by atoms with E-state index in [2.05, 4.69) is 16.9 Å². The van der Waals surface area contributed by atoms with Gasteiger partial charge in [0.2, 0.25) is 0 Å². The smallest absolute Gasteiger partial charge is 0.303 e. The van der Waals surface area contributed by atoms with Gasteiger partial charge in [-0.05, 0) is 25.5 Å². The molecule has 1 aromatic carbocycles. The molecule has 0 spiro atoms. The van der Waals surface area contributed by atoms with Gasteiger partial charge < -0.3 is 18.9 Å². The molecule has 0 unspecified atom stereocenters. The average Bonchev–Trinajstić information content (AvgIpc) is 3.26. The summed E-state index contributed by atoms with van der Waals surface area (Å²) in [4.78, 5) is 23.4. The third-order valence-corrected chi connectivity index (χ3v) is 5.57. The van der Waals surface area contributed by atoms with Crippen LogP contribution in [0.25, 0.3) is 11.3 Å². The Morgan fingerprint density at radius 3 is 2.41 bits per heavy atom. The highest BCUT2D eigenvalue weighted by atomic mass is 19.1. The summed E-state index contributed by atoms with van der Waals surface area (Å²) >= 11 is 0. The standard InChI is InChI=1S/C23H27F2N3O6/c1-6-7-19-22(31-5)21(23(33-14(4)30)20(34-19)11-32-13(3)29)28-10-18(26-27-28)15-8-16(24)12(2)17(25)9-15/h6,8-10,19-23H,1,7,11H2,2-5H3/t19-,20-,21-,22+,23+/m1/s1. The van der Waals surface area contributed by atoms with E-state index in [9.17, 15) is 18.4 Å². The van der Waals surface area contributed by atoms with Gasteiger partial charge in [-0.3, -0.25) is 9.59 Å². The summed E-state index contributed by atoms with van der Waals surface area (Å²) in [6, 6.07) is 1.57. The second kappa shape index (κ2) is 10.8. The number of benzene rings is 1. The fourth-order valence-electron chi connectivity index (χ4n) is 3.97. The van der Waals surface area contributed by atoms with E-state index in [1.807, 2.05) is 0 Å². The number of rotatable bonds is 8. The monoisotopic (exact) mass is 479 g/mol. The number of carbonyl (C=O) groups is 2. The third kappa shape index (κ3) is 5.48. The number of nitrogens with zero attached hydrogens (tertiary/aromatic N) is 3. The summed E-state index contributed by atoms with van der Waals surface area (Å²) in [5, 5.41) is 8.20. The SMILES string of the molecule is C=CC[C@H]1O[C@H](COC(C)=O)[C@H](OC(C)=O)[C@H](n2cc(-c3cc(F)c(C)c(F)c3)nn2)[C@H]1OC. The van der Waals surface area contributed by atoms with Gasteiger partial charge in [-0.15, -0.1) is 11.7 Å². The Balaban J connectivity index is 2.05. The van der Waals surface area contributed by atoms with Crippen molar-refractivity contribution in [2.45, 2.75) is 57.6 Å². The van der Waals surface area contributed by atoms with Gasteiger partial charge in [0.15, 0.2) is 6.10 Å². The Morgan fingerprint density at radius 1 is 1.18 bits per heavy atom. The van der Waals surface area contributed by atoms with Crippen LogP contribution in [0.5, 0.6) is 0 Å². The zero-order chi connectivity index (χ0) is 25.0. The molecule has 1 saturated heterocycles. The third-order valence-electron chi connectivity index (χ3n) is 5.57. The predicted octanol–water partition coefficient (Wildman–Crippen LogP) is 2.93. The van der Waals surface area contributed by atoms with E-state index in [4.69, 9.17) is 18.9 Å². The second-order valence-electron chi connectivity index (χ2n) is 7.95. The summed E-state index contributed by atoms with van der Waals surface area (Å²) in [6.45, 7) is 7.40. The quantitative estimate of drug-likeness (QED) is 0.421. The summed E-state index contributed by atoms with van der Waals surface area (Å²) < 4.78 is 52.1. The molecule has 3 rings (SSSR count). The van der Waals surface area contributed by atoms with Crippen LogP contribution in [0.15, 0.2) is 31.0 Å². The second-order valence-corrected chi connectivity index (χ2v) is 7.95.